The first-order valence-electron chi connectivity index (χ1n) is 21.2. The summed E-state index contributed by atoms with van der Waals surface area (Å²) in [4.78, 5) is 27.8. The molecule has 2 aliphatic rings. The van der Waals surface area contributed by atoms with Gasteiger partial charge < -0.3 is 28.4 Å². The third kappa shape index (κ3) is 12.6. The Kier molecular flexibility index (Phi) is 16.7. The van der Waals surface area contributed by atoms with Gasteiger partial charge in [-0.3, -0.25) is 18.4 Å². The summed E-state index contributed by atoms with van der Waals surface area (Å²) in [5, 5.41) is 0. The number of carbonyl (C=O) groups excluding carboxylic acids is 2. The molecule has 328 valence electrons. The van der Waals surface area contributed by atoms with E-state index >= 15 is 0 Å². The Hall–Kier alpha value is -4.39. The predicted molar refractivity (Wildman–Crippen MR) is 229 cm³/mol. The van der Waals surface area contributed by atoms with Crippen molar-refractivity contribution < 1.29 is 56.1 Å². The Labute approximate surface area is 359 Å². The third-order valence-electron chi connectivity index (χ3n) is 10.4. The summed E-state index contributed by atoms with van der Waals surface area (Å²) in [5.41, 5.74) is 4.92. The van der Waals surface area contributed by atoms with Crippen LogP contribution in [0.5, 0.6) is 0 Å². The molecule has 61 heavy (non-hydrogen) atoms. The molecule has 1 saturated heterocycles. The number of phosphoric ester groups is 1. The number of hydrogen-bond acceptors (Lipinski definition) is 12. The van der Waals surface area contributed by atoms with E-state index < -0.39 is 56.1 Å². The number of phosphoric acid groups is 1. The van der Waals surface area contributed by atoms with Crippen LogP contribution in [0, 0.1) is 5.41 Å². The van der Waals surface area contributed by atoms with Gasteiger partial charge in [0.2, 0.25) is 6.29 Å². The molecule has 4 aromatic carbocycles. The fourth-order valence-electron chi connectivity index (χ4n) is 7.09. The number of hydrogen-bond donors (Lipinski definition) is 0. The third-order valence-corrected chi connectivity index (χ3v) is 11.9. The number of rotatable bonds is 21. The summed E-state index contributed by atoms with van der Waals surface area (Å²) in [7, 11) is -4.34. The van der Waals surface area contributed by atoms with Crippen LogP contribution >= 0.6 is 7.82 Å². The molecule has 5 atom stereocenters. The van der Waals surface area contributed by atoms with Gasteiger partial charge in [-0.1, -0.05) is 136 Å². The Morgan fingerprint density at radius 2 is 1.20 bits per heavy atom. The molecule has 1 fully saturated rings. The molecule has 12 nitrogen and oxygen atoms in total. The quantitative estimate of drug-likeness (QED) is 0.0448. The van der Waals surface area contributed by atoms with E-state index in [-0.39, 0.29) is 45.6 Å². The van der Waals surface area contributed by atoms with Gasteiger partial charge in [0.1, 0.15) is 18.8 Å². The summed E-state index contributed by atoms with van der Waals surface area (Å²) in [5.74, 6) is -0.860. The second-order valence-electron chi connectivity index (χ2n) is 16.2. The fraction of sp³-hybridized carbons (Fsp3) is 0.458. The molecule has 6 rings (SSSR count). The van der Waals surface area contributed by atoms with Crippen LogP contribution in [-0.4, -0.2) is 69.3 Å². The molecule has 5 unspecified atom stereocenters. The number of unbranched alkanes of at least 4 members (excludes halogenated alkanes) is 2. The van der Waals surface area contributed by atoms with Crippen molar-refractivity contribution in [3.8, 4) is 11.1 Å². The molecule has 0 saturated carbocycles. The summed E-state index contributed by atoms with van der Waals surface area (Å²) in [6, 6.07) is 35.0. The lowest BCUT2D eigenvalue weighted by Crippen LogP contribution is -2.62. The zero-order valence-corrected chi connectivity index (χ0v) is 36.7. The minimum atomic E-state index is -4.34. The van der Waals surface area contributed by atoms with Gasteiger partial charge in [-0.15, -0.1) is 0 Å². The topological polar surface area (TPSA) is 134 Å². The van der Waals surface area contributed by atoms with Crippen molar-refractivity contribution in [1.82, 2.24) is 0 Å². The van der Waals surface area contributed by atoms with Gasteiger partial charge in [0, 0.05) is 5.92 Å². The first kappa shape index (κ1) is 46.1. The highest BCUT2D eigenvalue weighted by atomic mass is 31.2. The molecule has 0 aromatic heterocycles. The molecular formula is C48H59O12P. The molecule has 1 aliphatic heterocycles. The molecule has 0 radical (unpaired) electrons. The van der Waals surface area contributed by atoms with Crippen LogP contribution < -0.4 is 0 Å². The fourth-order valence-corrected chi connectivity index (χ4v) is 8.42. The van der Waals surface area contributed by atoms with E-state index in [1.54, 1.807) is 20.8 Å². The van der Waals surface area contributed by atoms with Crippen molar-refractivity contribution in [2.75, 3.05) is 26.4 Å². The summed E-state index contributed by atoms with van der Waals surface area (Å²) < 4.78 is 70.0. The van der Waals surface area contributed by atoms with Crippen molar-refractivity contribution in [3.05, 3.63) is 131 Å². The first-order chi connectivity index (χ1) is 29.5. The second kappa shape index (κ2) is 22.1. The minimum Gasteiger partial charge on any atom is -0.454 e. The van der Waals surface area contributed by atoms with Gasteiger partial charge in [-0.25, -0.2) is 9.36 Å². The van der Waals surface area contributed by atoms with Crippen molar-refractivity contribution in [1.29, 1.82) is 0 Å². The van der Waals surface area contributed by atoms with E-state index in [0.717, 1.165) is 46.2 Å². The SMILES string of the molecule is CCCCOP(=O)(OCCCC)OC1OC(COCc2ccccc2)C(OC(=O)OCC2c3ccccc3-c3ccccc32)C(OCc2ccccc2)C1OC(=O)C(C)(C)C. The molecule has 1 heterocycles. The smallest absolute Gasteiger partial charge is 0.454 e. The number of esters is 1. The highest BCUT2D eigenvalue weighted by Crippen LogP contribution is 2.53. The Balaban J connectivity index is 1.34. The van der Waals surface area contributed by atoms with Crippen LogP contribution in [0.2, 0.25) is 0 Å². The maximum absolute atomic E-state index is 14.4. The number of ether oxygens (including phenoxy) is 6. The van der Waals surface area contributed by atoms with Crippen molar-refractivity contribution in [2.24, 2.45) is 5.41 Å². The van der Waals surface area contributed by atoms with Crippen molar-refractivity contribution in [2.45, 2.75) is 110 Å². The number of fused-ring (bicyclic) bond motifs is 3. The molecule has 13 heteroatoms. The lowest BCUT2D eigenvalue weighted by molar-refractivity contribution is -0.299. The second-order valence-corrected chi connectivity index (χ2v) is 17.8. The van der Waals surface area contributed by atoms with Gasteiger partial charge in [0.25, 0.3) is 0 Å². The van der Waals surface area contributed by atoms with Gasteiger partial charge in [-0.05, 0) is 67.0 Å². The van der Waals surface area contributed by atoms with Crippen LogP contribution in [0.1, 0.15) is 88.5 Å². The highest BCUT2D eigenvalue weighted by Gasteiger charge is 2.55. The molecule has 0 N–H and O–H groups in total. The van der Waals surface area contributed by atoms with Crippen molar-refractivity contribution >= 4 is 19.9 Å². The zero-order valence-electron chi connectivity index (χ0n) is 35.8. The minimum absolute atomic E-state index is 0.00724. The van der Waals surface area contributed by atoms with Gasteiger partial charge in [-0.2, -0.15) is 0 Å². The molecule has 1 aliphatic carbocycles. The first-order valence-corrected chi connectivity index (χ1v) is 22.7. The van der Waals surface area contributed by atoms with E-state index in [1.807, 2.05) is 111 Å². The Morgan fingerprint density at radius 3 is 1.75 bits per heavy atom. The van der Waals surface area contributed by atoms with Crippen molar-refractivity contribution in [3.63, 3.8) is 0 Å². The van der Waals surface area contributed by atoms with Gasteiger partial charge >= 0.3 is 19.9 Å². The summed E-state index contributed by atoms with van der Waals surface area (Å²) in [6.45, 7) is 9.29. The van der Waals surface area contributed by atoms with E-state index in [1.165, 1.54) is 0 Å². The molecular weight excluding hydrogens is 799 g/mol. The summed E-state index contributed by atoms with van der Waals surface area (Å²) >= 11 is 0. The van der Waals surface area contributed by atoms with Crippen LogP contribution in [-0.2, 0) is 64.6 Å². The predicted octanol–water partition coefficient (Wildman–Crippen LogP) is 10.6. The Bertz CT molecular complexity index is 1980. The van der Waals surface area contributed by atoms with E-state index in [4.69, 9.17) is 42.0 Å². The van der Waals surface area contributed by atoms with Crippen LogP contribution in [0.25, 0.3) is 11.1 Å². The normalized spacial score (nSPS) is 20.1. The van der Waals surface area contributed by atoms with Crippen LogP contribution in [0.3, 0.4) is 0 Å². The van der Waals surface area contributed by atoms with Crippen LogP contribution in [0.15, 0.2) is 109 Å². The average Bonchev–Trinajstić information content (AvgIpc) is 3.58. The van der Waals surface area contributed by atoms with E-state index in [2.05, 4.69) is 12.1 Å². The standard InChI is InChI=1S/C48H59O12P/c1-6-8-28-55-61(51,56-29-9-7-2)60-45-44(58-46(49)48(3,4)5)43(53-31-35-22-14-11-15-23-35)42(41(57-45)33-52-30-34-20-12-10-13-21-34)59-47(50)54-32-40-38-26-18-16-24-36(38)37-25-17-19-27-39(37)40/h10-27,40-45H,6-9,28-33H2,1-5H3. The number of benzene rings is 4. The number of carbonyl (C=O) groups is 2. The average molecular weight is 859 g/mol. The largest absolute Gasteiger partial charge is 0.508 e. The molecule has 0 spiro atoms. The van der Waals surface area contributed by atoms with Gasteiger partial charge in [0.15, 0.2) is 12.2 Å². The Morgan fingerprint density at radius 1 is 0.656 bits per heavy atom. The summed E-state index contributed by atoms with van der Waals surface area (Å²) in [6.07, 6.45) is -4.94. The monoisotopic (exact) mass is 858 g/mol. The highest BCUT2D eigenvalue weighted by molar-refractivity contribution is 7.48. The zero-order chi connectivity index (χ0) is 43.2. The lowest BCUT2D eigenvalue weighted by Gasteiger charge is -2.45. The van der Waals surface area contributed by atoms with Gasteiger partial charge in [0.05, 0.1) is 38.4 Å². The van der Waals surface area contributed by atoms with E-state index in [9.17, 15) is 14.2 Å². The van der Waals surface area contributed by atoms with E-state index in [0.29, 0.717) is 12.8 Å². The maximum Gasteiger partial charge on any atom is 0.508 e. The lowest BCUT2D eigenvalue weighted by atomic mass is 9.95. The maximum atomic E-state index is 14.4. The molecule has 4 aromatic rings. The van der Waals surface area contributed by atoms with Crippen LogP contribution in [0.4, 0.5) is 4.79 Å². The molecule has 0 bridgehead atoms. The molecule has 0 amide bonds.